The maximum Gasteiger partial charge on any atom is 0.253 e. The highest BCUT2D eigenvalue weighted by atomic mass is 16.3. The molecule has 0 unspecified atom stereocenters. The first kappa shape index (κ1) is 12.8. The summed E-state index contributed by atoms with van der Waals surface area (Å²) in [6, 6.07) is 4.87. The lowest BCUT2D eigenvalue weighted by molar-refractivity contribution is -0.116. The van der Waals surface area contributed by atoms with Gasteiger partial charge in [-0.1, -0.05) is 0 Å². The number of amides is 1. The minimum Gasteiger partial charge on any atom is -0.465 e. The Bertz CT molecular complexity index is 614. The first-order chi connectivity index (χ1) is 9.25. The Balaban J connectivity index is 1.78. The molecule has 0 spiro atoms. The Labute approximate surface area is 109 Å². The molecule has 2 aromatic rings. The second-order valence-corrected chi connectivity index (χ2v) is 3.75. The largest absolute Gasteiger partial charge is 0.465 e. The number of hydrogen-bond donors (Lipinski definition) is 1. The molecule has 98 valence electrons. The zero-order valence-corrected chi connectivity index (χ0v) is 10.2. The fraction of sp³-hybridized carbons (Fsp3) is 0.154. The van der Waals surface area contributed by atoms with E-state index in [0.717, 1.165) is 0 Å². The number of nitrogens with one attached hydrogen (secondary N) is 1. The van der Waals surface area contributed by atoms with Gasteiger partial charge >= 0.3 is 0 Å². The third kappa shape index (κ3) is 3.95. The van der Waals surface area contributed by atoms with E-state index in [4.69, 9.17) is 4.42 Å². The maximum atomic E-state index is 11.5. The van der Waals surface area contributed by atoms with Crippen LogP contribution in [0.4, 0.5) is 0 Å². The average molecular weight is 259 g/mol. The summed E-state index contributed by atoms with van der Waals surface area (Å²) < 4.78 is 6.48. The summed E-state index contributed by atoms with van der Waals surface area (Å²) in [6.07, 6.45) is 7.36. The fourth-order valence-corrected chi connectivity index (χ4v) is 1.45. The van der Waals surface area contributed by atoms with Crippen LogP contribution in [-0.2, 0) is 11.3 Å². The van der Waals surface area contributed by atoms with Gasteiger partial charge in [0.25, 0.3) is 5.56 Å². The summed E-state index contributed by atoms with van der Waals surface area (Å²) >= 11 is 0. The molecule has 2 rings (SSSR count). The van der Waals surface area contributed by atoms with Crippen molar-refractivity contribution in [3.05, 3.63) is 59.2 Å². The van der Waals surface area contributed by atoms with Crippen LogP contribution in [-0.4, -0.2) is 22.0 Å². The van der Waals surface area contributed by atoms with Gasteiger partial charge in [0.05, 0.1) is 12.6 Å². The van der Waals surface area contributed by atoms with Gasteiger partial charge < -0.3 is 9.73 Å². The van der Waals surface area contributed by atoms with Crippen molar-refractivity contribution < 1.29 is 9.21 Å². The van der Waals surface area contributed by atoms with Crippen molar-refractivity contribution in [2.45, 2.75) is 6.54 Å². The highest BCUT2D eigenvalue weighted by Crippen LogP contribution is 2.01. The second kappa shape index (κ2) is 6.34. The van der Waals surface area contributed by atoms with E-state index in [1.165, 1.54) is 35.5 Å². The first-order valence-electron chi connectivity index (χ1n) is 5.75. The van der Waals surface area contributed by atoms with E-state index in [-0.39, 0.29) is 11.5 Å². The lowest BCUT2D eigenvalue weighted by Gasteiger charge is -2.04. The molecule has 0 aliphatic carbocycles. The molecule has 0 bridgehead atoms. The molecule has 0 aromatic carbocycles. The molecule has 6 nitrogen and oxygen atoms in total. The predicted molar refractivity (Wildman–Crippen MR) is 69.2 cm³/mol. The van der Waals surface area contributed by atoms with Crippen molar-refractivity contribution in [1.82, 2.24) is 14.9 Å². The van der Waals surface area contributed by atoms with Crippen LogP contribution in [0.5, 0.6) is 0 Å². The normalized spacial score (nSPS) is 10.7. The Morgan fingerprint density at radius 3 is 3.11 bits per heavy atom. The van der Waals surface area contributed by atoms with E-state index < -0.39 is 0 Å². The maximum absolute atomic E-state index is 11.5. The van der Waals surface area contributed by atoms with Gasteiger partial charge in [0.2, 0.25) is 5.91 Å². The molecule has 2 heterocycles. The lowest BCUT2D eigenvalue weighted by atomic mass is 10.4. The van der Waals surface area contributed by atoms with Gasteiger partial charge in [-0.15, -0.1) is 0 Å². The van der Waals surface area contributed by atoms with Crippen molar-refractivity contribution >= 4 is 12.0 Å². The SMILES string of the molecule is O=C(/C=C/c1ccco1)NCCn1cnccc1=O. The highest BCUT2D eigenvalue weighted by Gasteiger charge is 1.97. The standard InChI is InChI=1S/C13H13N3O3/c17-12(4-3-11-2-1-9-19-11)15-7-8-16-10-14-6-5-13(16)18/h1-6,9-10H,7-8H2,(H,15,17)/b4-3+. The Kier molecular flexibility index (Phi) is 4.28. The second-order valence-electron chi connectivity index (χ2n) is 3.75. The smallest absolute Gasteiger partial charge is 0.253 e. The molecule has 0 radical (unpaired) electrons. The Morgan fingerprint density at radius 1 is 1.47 bits per heavy atom. The number of carbonyl (C=O) groups excluding carboxylic acids is 1. The summed E-state index contributed by atoms with van der Waals surface area (Å²) in [7, 11) is 0. The van der Waals surface area contributed by atoms with Crippen LogP contribution in [0.2, 0.25) is 0 Å². The molecule has 2 aromatic heterocycles. The number of hydrogen-bond acceptors (Lipinski definition) is 4. The molecule has 0 saturated heterocycles. The molecule has 0 fully saturated rings. The minimum atomic E-state index is -0.242. The third-order valence-electron chi connectivity index (χ3n) is 2.39. The zero-order chi connectivity index (χ0) is 13.5. The predicted octanol–water partition coefficient (Wildman–Crippen LogP) is 0.666. The fourth-order valence-electron chi connectivity index (χ4n) is 1.45. The van der Waals surface area contributed by atoms with Crippen LogP contribution in [0.1, 0.15) is 5.76 Å². The van der Waals surface area contributed by atoms with Gasteiger partial charge in [-0.05, 0) is 18.2 Å². The molecule has 0 atom stereocenters. The number of nitrogens with zero attached hydrogens (tertiary/aromatic N) is 2. The summed E-state index contributed by atoms with van der Waals surface area (Å²) in [5.74, 6) is 0.368. The van der Waals surface area contributed by atoms with Crippen molar-refractivity contribution in [1.29, 1.82) is 0 Å². The van der Waals surface area contributed by atoms with Crippen LogP contribution in [0.15, 0.2) is 52.3 Å². The van der Waals surface area contributed by atoms with E-state index >= 15 is 0 Å². The van der Waals surface area contributed by atoms with E-state index in [9.17, 15) is 9.59 Å². The number of carbonyl (C=O) groups is 1. The zero-order valence-electron chi connectivity index (χ0n) is 10.2. The lowest BCUT2D eigenvalue weighted by Crippen LogP contribution is -2.29. The molecule has 6 heteroatoms. The molecule has 0 aliphatic rings. The third-order valence-corrected chi connectivity index (χ3v) is 2.39. The molecular formula is C13H13N3O3. The topological polar surface area (TPSA) is 77.1 Å². The van der Waals surface area contributed by atoms with Crippen LogP contribution in [0, 0.1) is 0 Å². The molecular weight excluding hydrogens is 246 g/mol. The van der Waals surface area contributed by atoms with Gasteiger partial charge in [0.1, 0.15) is 5.76 Å². The quantitative estimate of drug-likeness (QED) is 0.800. The van der Waals surface area contributed by atoms with Gasteiger partial charge in [-0.25, -0.2) is 4.98 Å². The van der Waals surface area contributed by atoms with Gasteiger partial charge in [0.15, 0.2) is 0 Å². The van der Waals surface area contributed by atoms with Crippen molar-refractivity contribution in [3.63, 3.8) is 0 Å². The molecule has 1 N–H and O–H groups in total. The first-order valence-corrected chi connectivity index (χ1v) is 5.75. The summed E-state index contributed by atoms with van der Waals surface area (Å²) in [5, 5.41) is 2.67. The van der Waals surface area contributed by atoms with Crippen molar-refractivity contribution in [3.8, 4) is 0 Å². The number of furan rings is 1. The van der Waals surface area contributed by atoms with Gasteiger partial charge in [0, 0.05) is 31.4 Å². The molecule has 19 heavy (non-hydrogen) atoms. The summed E-state index contributed by atoms with van der Waals surface area (Å²) in [4.78, 5) is 26.7. The monoisotopic (exact) mass is 259 g/mol. The van der Waals surface area contributed by atoms with Crippen LogP contribution >= 0.6 is 0 Å². The van der Waals surface area contributed by atoms with Gasteiger partial charge in [-0.3, -0.25) is 14.2 Å². The van der Waals surface area contributed by atoms with E-state index in [2.05, 4.69) is 10.3 Å². The average Bonchev–Trinajstić information content (AvgIpc) is 2.92. The number of rotatable bonds is 5. The Hall–Kier alpha value is -2.63. The Morgan fingerprint density at radius 2 is 2.37 bits per heavy atom. The summed E-state index contributed by atoms with van der Waals surface area (Å²) in [5.41, 5.74) is -0.143. The van der Waals surface area contributed by atoms with Crippen molar-refractivity contribution in [2.24, 2.45) is 0 Å². The van der Waals surface area contributed by atoms with E-state index in [1.54, 1.807) is 18.2 Å². The molecule has 0 saturated carbocycles. The minimum absolute atomic E-state index is 0.143. The highest BCUT2D eigenvalue weighted by molar-refractivity contribution is 5.91. The van der Waals surface area contributed by atoms with Crippen LogP contribution in [0.3, 0.4) is 0 Å². The van der Waals surface area contributed by atoms with Crippen LogP contribution < -0.4 is 10.9 Å². The summed E-state index contributed by atoms with van der Waals surface area (Å²) in [6.45, 7) is 0.736. The van der Waals surface area contributed by atoms with Crippen molar-refractivity contribution in [2.75, 3.05) is 6.54 Å². The van der Waals surface area contributed by atoms with E-state index in [0.29, 0.717) is 18.8 Å². The van der Waals surface area contributed by atoms with E-state index in [1.807, 2.05) is 0 Å². The van der Waals surface area contributed by atoms with Crippen LogP contribution in [0.25, 0.3) is 6.08 Å². The molecule has 1 amide bonds. The number of aromatic nitrogens is 2. The molecule has 0 aliphatic heterocycles. The van der Waals surface area contributed by atoms with Gasteiger partial charge in [-0.2, -0.15) is 0 Å².